The van der Waals surface area contributed by atoms with Crippen LogP contribution in [0.4, 0.5) is 0 Å². The standard InChI is InChI=1S/C22H21N5O2.ClH/c1-27(2)8-3-9-29-15-5-6-16-19(11-15)24-13-25-21(16)20-17-10-14(12-23)4-7-18(17)26-22(20)28;/h4-7,10-11,13,26,28H,3,8-9H2,1-2H3;1H. The molecule has 0 fully saturated rings. The fourth-order valence-electron chi connectivity index (χ4n) is 3.38. The summed E-state index contributed by atoms with van der Waals surface area (Å²) < 4.78 is 5.84. The Morgan fingerprint density at radius 1 is 1.13 bits per heavy atom. The van der Waals surface area contributed by atoms with E-state index in [1.54, 1.807) is 18.2 Å². The third-order valence-electron chi connectivity index (χ3n) is 4.77. The third kappa shape index (κ3) is 4.15. The van der Waals surface area contributed by atoms with E-state index in [4.69, 9.17) is 4.74 Å². The molecule has 2 heterocycles. The van der Waals surface area contributed by atoms with Gasteiger partial charge in [-0.3, -0.25) is 0 Å². The first kappa shape index (κ1) is 21.4. The summed E-state index contributed by atoms with van der Waals surface area (Å²) in [6, 6.07) is 13.0. The summed E-state index contributed by atoms with van der Waals surface area (Å²) in [5, 5.41) is 21.3. The number of aromatic nitrogens is 3. The maximum atomic E-state index is 10.5. The van der Waals surface area contributed by atoms with Crippen molar-refractivity contribution in [2.45, 2.75) is 6.42 Å². The first-order valence-corrected chi connectivity index (χ1v) is 9.34. The van der Waals surface area contributed by atoms with Crippen molar-refractivity contribution >= 4 is 34.2 Å². The Bertz CT molecular complexity index is 1230. The second-order valence-corrected chi connectivity index (χ2v) is 7.13. The topological polar surface area (TPSA) is 98.1 Å². The number of ether oxygens (including phenoxy) is 1. The van der Waals surface area contributed by atoms with Gasteiger partial charge in [-0.05, 0) is 50.8 Å². The minimum atomic E-state index is 0. The molecule has 0 spiro atoms. The molecule has 0 saturated carbocycles. The predicted molar refractivity (Wildman–Crippen MR) is 119 cm³/mol. The summed E-state index contributed by atoms with van der Waals surface area (Å²) in [6.07, 6.45) is 2.41. The molecule has 8 heteroatoms. The van der Waals surface area contributed by atoms with E-state index in [1.807, 2.05) is 32.3 Å². The van der Waals surface area contributed by atoms with Crippen LogP contribution < -0.4 is 4.74 Å². The summed E-state index contributed by atoms with van der Waals surface area (Å²) in [5.41, 5.74) is 3.15. The van der Waals surface area contributed by atoms with Crippen LogP contribution in [0.15, 0.2) is 42.7 Å². The van der Waals surface area contributed by atoms with Gasteiger partial charge in [0.05, 0.1) is 35.0 Å². The lowest BCUT2D eigenvalue weighted by molar-refractivity contribution is 0.282. The molecule has 0 saturated heterocycles. The van der Waals surface area contributed by atoms with Crippen LogP contribution in [-0.2, 0) is 0 Å². The summed E-state index contributed by atoms with van der Waals surface area (Å²) >= 11 is 0. The van der Waals surface area contributed by atoms with Crippen molar-refractivity contribution in [1.82, 2.24) is 19.9 Å². The van der Waals surface area contributed by atoms with Crippen LogP contribution in [0.3, 0.4) is 0 Å². The molecular weight excluding hydrogens is 402 g/mol. The van der Waals surface area contributed by atoms with Crippen LogP contribution in [0.1, 0.15) is 12.0 Å². The molecule has 0 radical (unpaired) electrons. The van der Waals surface area contributed by atoms with Crippen LogP contribution in [0, 0.1) is 11.3 Å². The zero-order chi connectivity index (χ0) is 20.4. The SMILES string of the molecule is CN(C)CCCOc1ccc2c(-c3c(O)[nH]c4ccc(C#N)cc34)ncnc2c1.Cl. The molecule has 0 aliphatic rings. The highest BCUT2D eigenvalue weighted by atomic mass is 35.5. The lowest BCUT2D eigenvalue weighted by Crippen LogP contribution is -2.15. The van der Waals surface area contributed by atoms with E-state index in [0.29, 0.717) is 23.4 Å². The summed E-state index contributed by atoms with van der Waals surface area (Å²) in [5.74, 6) is 0.759. The van der Waals surface area contributed by atoms with Crippen LogP contribution in [0.2, 0.25) is 0 Å². The van der Waals surface area contributed by atoms with Crippen LogP contribution in [0.5, 0.6) is 11.6 Å². The van der Waals surface area contributed by atoms with Crippen molar-refractivity contribution < 1.29 is 9.84 Å². The number of benzene rings is 2. The largest absolute Gasteiger partial charge is 0.494 e. The number of nitrogens with zero attached hydrogens (tertiary/aromatic N) is 4. The van der Waals surface area contributed by atoms with Gasteiger partial charge >= 0.3 is 0 Å². The first-order valence-electron chi connectivity index (χ1n) is 9.34. The number of aromatic hydroxyl groups is 1. The molecule has 0 amide bonds. The maximum Gasteiger partial charge on any atom is 0.199 e. The van der Waals surface area contributed by atoms with Gasteiger partial charge in [0.2, 0.25) is 0 Å². The van der Waals surface area contributed by atoms with Crippen molar-refractivity contribution in [1.29, 1.82) is 5.26 Å². The molecule has 0 unspecified atom stereocenters. The lowest BCUT2D eigenvalue weighted by atomic mass is 10.0. The molecule has 2 N–H and O–H groups in total. The van der Waals surface area contributed by atoms with Gasteiger partial charge in [-0.1, -0.05) is 0 Å². The average molecular weight is 424 g/mol. The average Bonchev–Trinajstić information content (AvgIpc) is 3.05. The smallest absolute Gasteiger partial charge is 0.199 e. The Balaban J connectivity index is 0.00000256. The van der Waals surface area contributed by atoms with E-state index in [9.17, 15) is 10.4 Å². The Morgan fingerprint density at radius 3 is 2.73 bits per heavy atom. The number of H-pyrrole nitrogens is 1. The van der Waals surface area contributed by atoms with Gasteiger partial charge in [-0.25, -0.2) is 9.97 Å². The molecule has 154 valence electrons. The highest BCUT2D eigenvalue weighted by molar-refractivity contribution is 6.05. The normalized spacial score (nSPS) is 10.9. The predicted octanol–water partition coefficient (Wildman–Crippen LogP) is 4.11. The quantitative estimate of drug-likeness (QED) is 0.453. The van der Waals surface area contributed by atoms with Crippen molar-refractivity contribution in [2.24, 2.45) is 0 Å². The van der Waals surface area contributed by atoms with Gasteiger partial charge in [0.15, 0.2) is 5.88 Å². The fourth-order valence-corrected chi connectivity index (χ4v) is 3.38. The van der Waals surface area contributed by atoms with Gasteiger partial charge in [-0.15, -0.1) is 12.4 Å². The van der Waals surface area contributed by atoms with Gasteiger partial charge < -0.3 is 19.7 Å². The van der Waals surface area contributed by atoms with Gasteiger partial charge in [0, 0.05) is 28.9 Å². The number of aromatic amines is 1. The highest BCUT2D eigenvalue weighted by Crippen LogP contribution is 2.39. The molecule has 2 aromatic heterocycles. The molecule has 0 aliphatic carbocycles. The first-order chi connectivity index (χ1) is 14.1. The second-order valence-electron chi connectivity index (χ2n) is 7.13. The van der Waals surface area contributed by atoms with E-state index >= 15 is 0 Å². The Morgan fingerprint density at radius 2 is 1.97 bits per heavy atom. The molecular formula is C22H22ClN5O2. The Labute approximate surface area is 180 Å². The van der Waals surface area contributed by atoms with Crippen LogP contribution >= 0.6 is 12.4 Å². The minimum Gasteiger partial charge on any atom is -0.494 e. The van der Waals surface area contributed by atoms with Crippen molar-refractivity contribution in [3.05, 3.63) is 48.3 Å². The molecule has 0 bridgehead atoms. The Hall–Kier alpha value is -3.34. The number of nitriles is 1. The van der Waals surface area contributed by atoms with Gasteiger partial charge in [-0.2, -0.15) is 5.26 Å². The fraction of sp³-hybridized carbons (Fsp3) is 0.227. The molecule has 30 heavy (non-hydrogen) atoms. The molecule has 0 aliphatic heterocycles. The van der Waals surface area contributed by atoms with E-state index in [2.05, 4.69) is 25.9 Å². The van der Waals surface area contributed by atoms with Crippen LogP contribution in [-0.4, -0.2) is 52.2 Å². The summed E-state index contributed by atoms with van der Waals surface area (Å²) in [7, 11) is 4.07. The molecule has 0 atom stereocenters. The van der Waals surface area contributed by atoms with E-state index in [0.717, 1.165) is 40.5 Å². The van der Waals surface area contributed by atoms with Crippen molar-refractivity contribution in [3.63, 3.8) is 0 Å². The molecule has 7 nitrogen and oxygen atoms in total. The number of hydrogen-bond donors (Lipinski definition) is 2. The molecule has 2 aromatic carbocycles. The second kappa shape index (κ2) is 8.99. The van der Waals surface area contributed by atoms with E-state index < -0.39 is 0 Å². The van der Waals surface area contributed by atoms with Crippen molar-refractivity contribution in [3.8, 4) is 29.0 Å². The monoisotopic (exact) mass is 423 g/mol. The van der Waals surface area contributed by atoms with E-state index in [1.165, 1.54) is 6.33 Å². The Kier molecular flexibility index (Phi) is 6.40. The summed E-state index contributed by atoms with van der Waals surface area (Å²) in [4.78, 5) is 13.9. The lowest BCUT2D eigenvalue weighted by Gasteiger charge is -2.11. The van der Waals surface area contributed by atoms with Gasteiger partial charge in [0.25, 0.3) is 0 Å². The highest BCUT2D eigenvalue weighted by Gasteiger charge is 2.18. The zero-order valence-electron chi connectivity index (χ0n) is 16.7. The molecule has 4 aromatic rings. The maximum absolute atomic E-state index is 10.5. The number of fused-ring (bicyclic) bond motifs is 2. The number of rotatable bonds is 6. The zero-order valence-corrected chi connectivity index (χ0v) is 17.5. The van der Waals surface area contributed by atoms with Crippen molar-refractivity contribution in [2.75, 3.05) is 27.2 Å². The summed E-state index contributed by atoms with van der Waals surface area (Å²) in [6.45, 7) is 1.59. The third-order valence-corrected chi connectivity index (χ3v) is 4.77. The number of nitrogens with one attached hydrogen (secondary N) is 1. The van der Waals surface area contributed by atoms with E-state index in [-0.39, 0.29) is 18.3 Å². The minimum absolute atomic E-state index is 0. The van der Waals surface area contributed by atoms with Crippen LogP contribution in [0.25, 0.3) is 33.1 Å². The molecule has 4 rings (SSSR count). The number of halogens is 1. The number of hydrogen-bond acceptors (Lipinski definition) is 6. The van der Waals surface area contributed by atoms with Gasteiger partial charge in [0.1, 0.15) is 12.1 Å².